The summed E-state index contributed by atoms with van der Waals surface area (Å²) in [7, 11) is -2.32. The van der Waals surface area contributed by atoms with Crippen molar-refractivity contribution >= 4 is 33.0 Å². The molecule has 1 aromatic heterocycles. The van der Waals surface area contributed by atoms with Crippen LogP contribution < -0.4 is 19.1 Å². The van der Waals surface area contributed by atoms with Gasteiger partial charge in [-0.2, -0.15) is 0 Å². The van der Waals surface area contributed by atoms with Crippen LogP contribution in [-0.4, -0.2) is 28.2 Å². The lowest BCUT2D eigenvalue weighted by molar-refractivity contribution is 0.0955. The Labute approximate surface area is 172 Å². The molecule has 0 unspecified atom stereocenters. The third-order valence-electron chi connectivity index (χ3n) is 4.48. The minimum absolute atomic E-state index is 0.167. The number of benzene rings is 2. The molecule has 3 aromatic rings. The van der Waals surface area contributed by atoms with Gasteiger partial charge in [0.15, 0.2) is 11.5 Å². The quantitative estimate of drug-likeness (QED) is 0.649. The second kappa shape index (κ2) is 7.76. The van der Waals surface area contributed by atoms with Gasteiger partial charge in [-0.05, 0) is 41.3 Å². The minimum Gasteiger partial charge on any atom is -0.454 e. The highest BCUT2D eigenvalue weighted by atomic mass is 32.2. The predicted octanol–water partition coefficient (Wildman–Crippen LogP) is 3.23. The molecule has 4 rings (SSSR count). The van der Waals surface area contributed by atoms with Crippen LogP contribution in [0.3, 0.4) is 0 Å². The summed E-state index contributed by atoms with van der Waals surface area (Å²) in [5, 5.41) is 4.53. The van der Waals surface area contributed by atoms with Crippen molar-refractivity contribution in [3.63, 3.8) is 0 Å². The first-order valence-corrected chi connectivity index (χ1v) is 11.1. The van der Waals surface area contributed by atoms with Crippen molar-refractivity contribution < 1.29 is 22.7 Å². The van der Waals surface area contributed by atoms with Crippen LogP contribution in [0, 0.1) is 0 Å². The molecule has 0 aliphatic carbocycles. The highest BCUT2D eigenvalue weighted by Gasteiger charge is 2.26. The topological polar surface area (TPSA) is 84.9 Å². The Morgan fingerprint density at radius 3 is 2.66 bits per heavy atom. The molecule has 150 valence electrons. The van der Waals surface area contributed by atoms with E-state index in [1.165, 1.54) is 30.5 Å². The second-order valence-corrected chi connectivity index (χ2v) is 9.18. The fourth-order valence-corrected chi connectivity index (χ4v) is 5.04. The molecular weight excluding hydrogens is 412 g/mol. The SMILES string of the molecule is CN(c1ccsc1C(=O)NCc1ccc2c(c1)OCO2)S(=O)(=O)c1ccccc1. The van der Waals surface area contributed by atoms with Gasteiger partial charge in [-0.15, -0.1) is 11.3 Å². The summed E-state index contributed by atoms with van der Waals surface area (Å²) >= 11 is 1.19. The van der Waals surface area contributed by atoms with E-state index < -0.39 is 10.0 Å². The summed E-state index contributed by atoms with van der Waals surface area (Å²) in [5.74, 6) is 0.971. The van der Waals surface area contributed by atoms with Crippen LogP contribution in [0.1, 0.15) is 15.2 Å². The van der Waals surface area contributed by atoms with Gasteiger partial charge < -0.3 is 14.8 Å². The Morgan fingerprint density at radius 1 is 1.10 bits per heavy atom. The molecule has 2 heterocycles. The molecule has 0 fully saturated rings. The van der Waals surface area contributed by atoms with Gasteiger partial charge in [0.2, 0.25) is 6.79 Å². The number of carbonyl (C=O) groups excluding carboxylic acids is 1. The van der Waals surface area contributed by atoms with Gasteiger partial charge in [0.05, 0.1) is 10.6 Å². The number of nitrogens with one attached hydrogen (secondary N) is 1. The zero-order chi connectivity index (χ0) is 20.4. The molecule has 7 nitrogen and oxygen atoms in total. The first kappa shape index (κ1) is 19.3. The average molecular weight is 431 g/mol. The summed E-state index contributed by atoms with van der Waals surface area (Å²) < 4.78 is 37.5. The molecule has 0 atom stereocenters. The molecule has 2 aromatic carbocycles. The van der Waals surface area contributed by atoms with Crippen molar-refractivity contribution in [2.75, 3.05) is 18.1 Å². The van der Waals surface area contributed by atoms with Crippen LogP contribution in [0.2, 0.25) is 0 Å². The van der Waals surface area contributed by atoms with Crippen molar-refractivity contribution in [2.24, 2.45) is 0 Å². The normalized spacial score (nSPS) is 12.6. The standard InChI is InChI=1S/C20H18N2O5S2/c1-22(29(24,25)15-5-3-2-4-6-15)16-9-10-28-19(16)20(23)21-12-14-7-8-17-18(11-14)27-13-26-17/h2-11H,12-13H2,1H3,(H,21,23). The van der Waals surface area contributed by atoms with Crippen LogP contribution >= 0.6 is 11.3 Å². The lowest BCUT2D eigenvalue weighted by Gasteiger charge is -2.19. The van der Waals surface area contributed by atoms with Crippen LogP contribution in [0.4, 0.5) is 5.69 Å². The lowest BCUT2D eigenvalue weighted by Crippen LogP contribution is -2.29. The van der Waals surface area contributed by atoms with Crippen LogP contribution in [0.15, 0.2) is 64.9 Å². The van der Waals surface area contributed by atoms with Gasteiger partial charge in [-0.3, -0.25) is 9.10 Å². The number of rotatable bonds is 6. The molecule has 9 heteroatoms. The Hall–Kier alpha value is -3.04. The van der Waals surface area contributed by atoms with Crippen LogP contribution in [-0.2, 0) is 16.6 Å². The first-order valence-electron chi connectivity index (χ1n) is 8.75. The number of nitrogens with zero attached hydrogens (tertiary/aromatic N) is 1. The maximum absolute atomic E-state index is 12.9. The monoisotopic (exact) mass is 430 g/mol. The molecule has 29 heavy (non-hydrogen) atoms. The Morgan fingerprint density at radius 2 is 1.86 bits per heavy atom. The summed E-state index contributed by atoms with van der Waals surface area (Å²) in [6, 6.07) is 15.2. The molecule has 1 N–H and O–H groups in total. The largest absolute Gasteiger partial charge is 0.454 e. The number of anilines is 1. The van der Waals surface area contributed by atoms with Crippen molar-refractivity contribution in [2.45, 2.75) is 11.4 Å². The number of carbonyl (C=O) groups is 1. The first-order chi connectivity index (χ1) is 14.0. The van der Waals surface area contributed by atoms with Crippen molar-refractivity contribution in [1.29, 1.82) is 0 Å². The number of sulfonamides is 1. The third-order valence-corrected chi connectivity index (χ3v) is 7.17. The van der Waals surface area contributed by atoms with Crippen molar-refractivity contribution in [1.82, 2.24) is 5.32 Å². The molecule has 1 amide bonds. The fourth-order valence-electron chi connectivity index (χ4n) is 2.91. The number of thiophene rings is 1. The maximum Gasteiger partial charge on any atom is 0.264 e. The smallest absolute Gasteiger partial charge is 0.264 e. The second-order valence-electron chi connectivity index (χ2n) is 6.29. The molecule has 1 aliphatic heterocycles. The summed E-state index contributed by atoms with van der Waals surface area (Å²) in [6.45, 7) is 0.466. The molecule has 1 aliphatic rings. The van der Waals surface area contributed by atoms with E-state index in [1.807, 2.05) is 12.1 Å². The minimum atomic E-state index is -3.76. The summed E-state index contributed by atoms with van der Waals surface area (Å²) in [6.07, 6.45) is 0. The molecule has 0 saturated carbocycles. The van der Waals surface area contributed by atoms with E-state index in [-0.39, 0.29) is 24.1 Å². The molecule has 0 saturated heterocycles. The van der Waals surface area contributed by atoms with Crippen molar-refractivity contribution in [3.05, 3.63) is 70.4 Å². The zero-order valence-electron chi connectivity index (χ0n) is 15.5. The maximum atomic E-state index is 12.9. The van der Waals surface area contributed by atoms with Crippen molar-refractivity contribution in [3.8, 4) is 11.5 Å². The fraction of sp³-hybridized carbons (Fsp3) is 0.150. The van der Waals surface area contributed by atoms with E-state index in [4.69, 9.17) is 9.47 Å². The molecule has 0 bridgehead atoms. The van der Waals surface area contributed by atoms with Gasteiger partial charge >= 0.3 is 0 Å². The lowest BCUT2D eigenvalue weighted by atomic mass is 10.2. The van der Waals surface area contributed by atoms with Crippen LogP contribution in [0.25, 0.3) is 0 Å². The van der Waals surface area contributed by atoms with Gasteiger partial charge in [-0.1, -0.05) is 24.3 Å². The van der Waals surface area contributed by atoms with E-state index in [0.717, 1.165) is 9.87 Å². The van der Waals surface area contributed by atoms with Gasteiger partial charge in [0, 0.05) is 13.6 Å². The third kappa shape index (κ3) is 3.79. The Bertz CT molecular complexity index is 1140. The van der Waals surface area contributed by atoms with Gasteiger partial charge in [0.25, 0.3) is 15.9 Å². The molecule has 0 radical (unpaired) electrons. The van der Waals surface area contributed by atoms with Gasteiger partial charge in [-0.25, -0.2) is 8.42 Å². The Kier molecular flexibility index (Phi) is 5.16. The predicted molar refractivity (Wildman–Crippen MR) is 110 cm³/mol. The molecule has 0 spiro atoms. The number of fused-ring (bicyclic) bond motifs is 1. The number of ether oxygens (including phenoxy) is 2. The Balaban J connectivity index is 1.50. The highest BCUT2D eigenvalue weighted by Crippen LogP contribution is 2.33. The number of hydrogen-bond donors (Lipinski definition) is 1. The average Bonchev–Trinajstić information content (AvgIpc) is 3.41. The van der Waals surface area contributed by atoms with Crippen LogP contribution in [0.5, 0.6) is 11.5 Å². The zero-order valence-corrected chi connectivity index (χ0v) is 17.1. The van der Waals surface area contributed by atoms with E-state index >= 15 is 0 Å². The summed E-state index contributed by atoms with van der Waals surface area (Å²) in [4.78, 5) is 13.2. The molecular formula is C20H18N2O5S2. The number of hydrogen-bond acceptors (Lipinski definition) is 6. The van der Waals surface area contributed by atoms with Gasteiger partial charge in [0.1, 0.15) is 4.88 Å². The summed E-state index contributed by atoms with van der Waals surface area (Å²) in [5.41, 5.74) is 1.19. The van der Waals surface area contributed by atoms with E-state index in [0.29, 0.717) is 22.1 Å². The van der Waals surface area contributed by atoms with E-state index in [2.05, 4.69) is 5.32 Å². The van der Waals surface area contributed by atoms with E-state index in [9.17, 15) is 13.2 Å². The highest BCUT2D eigenvalue weighted by molar-refractivity contribution is 7.92. The number of amides is 1. The van der Waals surface area contributed by atoms with E-state index in [1.54, 1.807) is 35.7 Å².